The summed E-state index contributed by atoms with van der Waals surface area (Å²) in [5, 5.41) is 13.2. The highest BCUT2D eigenvalue weighted by molar-refractivity contribution is 7.10. The highest BCUT2D eigenvalue weighted by Gasteiger charge is 2.24. The lowest BCUT2D eigenvalue weighted by Gasteiger charge is -2.00. The number of hydrogen-bond donors (Lipinski definition) is 1. The van der Waals surface area contributed by atoms with Crippen LogP contribution in [0.1, 0.15) is 22.8 Å². The first-order chi connectivity index (χ1) is 6.29. The number of carbonyl (C=O) groups is 1. The SMILES string of the molecule is N#Cc1csc(C2CNC(=O)C2)c1. The molecule has 1 saturated heterocycles. The molecule has 1 aromatic rings. The Balaban J connectivity index is 2.18. The Morgan fingerprint density at radius 2 is 2.54 bits per heavy atom. The molecule has 4 heteroatoms. The first-order valence-corrected chi connectivity index (χ1v) is 4.93. The monoisotopic (exact) mass is 192 g/mol. The predicted molar refractivity (Wildman–Crippen MR) is 49.4 cm³/mol. The first-order valence-electron chi connectivity index (χ1n) is 4.05. The number of amides is 1. The molecule has 1 aromatic heterocycles. The van der Waals surface area contributed by atoms with Crippen LogP contribution in [0.5, 0.6) is 0 Å². The molecule has 1 fully saturated rings. The van der Waals surface area contributed by atoms with Gasteiger partial charge in [-0.1, -0.05) is 0 Å². The van der Waals surface area contributed by atoms with Crippen LogP contribution >= 0.6 is 11.3 Å². The molecule has 0 radical (unpaired) electrons. The summed E-state index contributed by atoms with van der Waals surface area (Å²) in [6.45, 7) is 0.713. The molecule has 1 amide bonds. The van der Waals surface area contributed by atoms with Crippen LogP contribution in [0.3, 0.4) is 0 Å². The summed E-state index contributed by atoms with van der Waals surface area (Å²) in [7, 11) is 0. The van der Waals surface area contributed by atoms with Crippen molar-refractivity contribution in [3.63, 3.8) is 0 Å². The maximum absolute atomic E-state index is 10.9. The molecule has 1 aliphatic rings. The van der Waals surface area contributed by atoms with Crippen molar-refractivity contribution >= 4 is 17.2 Å². The second kappa shape index (κ2) is 3.19. The van der Waals surface area contributed by atoms with E-state index in [2.05, 4.69) is 11.4 Å². The lowest BCUT2D eigenvalue weighted by Crippen LogP contribution is -2.13. The number of rotatable bonds is 1. The van der Waals surface area contributed by atoms with E-state index in [1.807, 2.05) is 11.4 Å². The van der Waals surface area contributed by atoms with E-state index in [0.29, 0.717) is 18.5 Å². The lowest BCUT2D eigenvalue weighted by atomic mass is 10.1. The van der Waals surface area contributed by atoms with Gasteiger partial charge in [-0.2, -0.15) is 5.26 Å². The zero-order valence-corrected chi connectivity index (χ0v) is 7.73. The van der Waals surface area contributed by atoms with Gasteiger partial charge < -0.3 is 5.32 Å². The lowest BCUT2D eigenvalue weighted by molar-refractivity contribution is -0.119. The maximum Gasteiger partial charge on any atom is 0.220 e. The van der Waals surface area contributed by atoms with E-state index < -0.39 is 0 Å². The Morgan fingerprint density at radius 1 is 1.69 bits per heavy atom. The van der Waals surface area contributed by atoms with E-state index in [1.54, 1.807) is 11.3 Å². The molecule has 0 spiro atoms. The molecule has 2 heterocycles. The maximum atomic E-state index is 10.9. The Morgan fingerprint density at radius 3 is 3.08 bits per heavy atom. The molecule has 2 rings (SSSR count). The summed E-state index contributed by atoms with van der Waals surface area (Å²) < 4.78 is 0. The largest absolute Gasteiger partial charge is 0.355 e. The van der Waals surface area contributed by atoms with Gasteiger partial charge in [-0.15, -0.1) is 11.3 Å². The zero-order valence-electron chi connectivity index (χ0n) is 6.91. The van der Waals surface area contributed by atoms with Crippen molar-refractivity contribution in [3.05, 3.63) is 21.9 Å². The van der Waals surface area contributed by atoms with Crippen molar-refractivity contribution in [2.45, 2.75) is 12.3 Å². The summed E-state index contributed by atoms with van der Waals surface area (Å²) in [5.41, 5.74) is 0.694. The van der Waals surface area contributed by atoms with Crippen LogP contribution in [0, 0.1) is 11.3 Å². The summed E-state index contributed by atoms with van der Waals surface area (Å²) >= 11 is 1.56. The van der Waals surface area contributed by atoms with Gasteiger partial charge in [-0.25, -0.2) is 0 Å². The van der Waals surface area contributed by atoms with Crippen LogP contribution in [0.25, 0.3) is 0 Å². The van der Waals surface area contributed by atoms with Gasteiger partial charge in [-0.3, -0.25) is 4.79 Å². The van der Waals surface area contributed by atoms with E-state index >= 15 is 0 Å². The Bertz CT molecular complexity index is 377. The fourth-order valence-corrected chi connectivity index (χ4v) is 2.37. The first kappa shape index (κ1) is 8.27. The molecular formula is C9H8N2OS. The Hall–Kier alpha value is -1.34. The molecule has 1 aliphatic heterocycles. The number of hydrogen-bond acceptors (Lipinski definition) is 3. The smallest absolute Gasteiger partial charge is 0.220 e. The molecule has 0 aromatic carbocycles. The topological polar surface area (TPSA) is 52.9 Å². The minimum atomic E-state index is 0.108. The van der Waals surface area contributed by atoms with Crippen molar-refractivity contribution in [1.82, 2.24) is 5.32 Å². The third-order valence-corrected chi connectivity index (χ3v) is 3.22. The van der Waals surface area contributed by atoms with Gasteiger partial charge in [0.25, 0.3) is 0 Å². The fraction of sp³-hybridized carbons (Fsp3) is 0.333. The van der Waals surface area contributed by atoms with Crippen LogP contribution in [0.15, 0.2) is 11.4 Å². The summed E-state index contributed by atoms with van der Waals surface area (Å²) in [6.07, 6.45) is 0.561. The normalized spacial score (nSPS) is 21.2. The van der Waals surface area contributed by atoms with Gasteiger partial charge in [0.05, 0.1) is 5.56 Å². The minimum Gasteiger partial charge on any atom is -0.355 e. The third-order valence-electron chi connectivity index (χ3n) is 2.13. The van der Waals surface area contributed by atoms with Gasteiger partial charge in [0, 0.05) is 29.1 Å². The average molecular weight is 192 g/mol. The zero-order chi connectivity index (χ0) is 9.26. The van der Waals surface area contributed by atoms with Gasteiger partial charge in [0.15, 0.2) is 0 Å². The van der Waals surface area contributed by atoms with Crippen LogP contribution in [-0.4, -0.2) is 12.5 Å². The second-order valence-electron chi connectivity index (χ2n) is 3.05. The number of thiophene rings is 1. The molecule has 66 valence electrons. The molecule has 1 atom stereocenters. The molecule has 1 N–H and O–H groups in total. The number of nitrogens with zero attached hydrogens (tertiary/aromatic N) is 1. The van der Waals surface area contributed by atoms with Gasteiger partial charge in [-0.05, 0) is 6.07 Å². The van der Waals surface area contributed by atoms with Crippen LogP contribution < -0.4 is 5.32 Å². The van der Waals surface area contributed by atoms with E-state index in [-0.39, 0.29) is 11.8 Å². The Labute approximate surface area is 80.0 Å². The standard InChI is InChI=1S/C9H8N2OS/c10-3-6-1-8(13-5-6)7-2-9(12)11-4-7/h1,5,7H,2,4H2,(H,11,12). The quantitative estimate of drug-likeness (QED) is 0.727. The minimum absolute atomic E-state index is 0.108. The fourth-order valence-electron chi connectivity index (χ4n) is 1.43. The number of carbonyl (C=O) groups excluding carboxylic acids is 1. The highest BCUT2D eigenvalue weighted by atomic mass is 32.1. The molecule has 3 nitrogen and oxygen atoms in total. The predicted octanol–water partition coefficient (Wildman–Crippen LogP) is 1.22. The Kier molecular flexibility index (Phi) is 2.03. The van der Waals surface area contributed by atoms with Crippen molar-refractivity contribution in [2.24, 2.45) is 0 Å². The molecule has 0 aliphatic carbocycles. The van der Waals surface area contributed by atoms with Crippen molar-refractivity contribution in [1.29, 1.82) is 5.26 Å². The third kappa shape index (κ3) is 1.56. The molecule has 1 unspecified atom stereocenters. The molecule has 0 bridgehead atoms. The molecular weight excluding hydrogens is 184 g/mol. The van der Waals surface area contributed by atoms with Crippen molar-refractivity contribution in [3.8, 4) is 6.07 Å². The van der Waals surface area contributed by atoms with Crippen molar-refractivity contribution < 1.29 is 4.79 Å². The molecule has 0 saturated carbocycles. The second-order valence-corrected chi connectivity index (χ2v) is 4.00. The average Bonchev–Trinajstić information content (AvgIpc) is 2.71. The van der Waals surface area contributed by atoms with E-state index in [9.17, 15) is 4.79 Å². The van der Waals surface area contributed by atoms with Gasteiger partial charge >= 0.3 is 0 Å². The van der Waals surface area contributed by atoms with Crippen LogP contribution in [0.2, 0.25) is 0 Å². The summed E-state index contributed by atoms with van der Waals surface area (Å²) in [4.78, 5) is 12.1. The van der Waals surface area contributed by atoms with E-state index in [4.69, 9.17) is 5.26 Å². The van der Waals surface area contributed by atoms with Gasteiger partial charge in [0.2, 0.25) is 5.91 Å². The van der Waals surface area contributed by atoms with Crippen LogP contribution in [-0.2, 0) is 4.79 Å². The summed E-state index contributed by atoms with van der Waals surface area (Å²) in [6, 6.07) is 3.96. The summed E-state index contributed by atoms with van der Waals surface area (Å²) in [5.74, 6) is 0.386. The van der Waals surface area contributed by atoms with Gasteiger partial charge in [0.1, 0.15) is 6.07 Å². The number of nitrogens with one attached hydrogen (secondary N) is 1. The van der Waals surface area contributed by atoms with E-state index in [1.165, 1.54) is 0 Å². The van der Waals surface area contributed by atoms with Crippen molar-refractivity contribution in [2.75, 3.05) is 6.54 Å². The molecule has 13 heavy (non-hydrogen) atoms. The van der Waals surface area contributed by atoms with Crippen LogP contribution in [0.4, 0.5) is 0 Å². The highest BCUT2D eigenvalue weighted by Crippen LogP contribution is 2.28. The van der Waals surface area contributed by atoms with E-state index in [0.717, 1.165) is 4.88 Å². The number of nitriles is 1.